The Kier molecular flexibility index (Phi) is 8.39. The van der Waals surface area contributed by atoms with Crippen LogP contribution in [0.3, 0.4) is 0 Å². The molecule has 0 atom stereocenters. The summed E-state index contributed by atoms with van der Waals surface area (Å²) >= 11 is 0. The summed E-state index contributed by atoms with van der Waals surface area (Å²) in [6, 6.07) is 19.0. The molecule has 0 fully saturated rings. The first-order chi connectivity index (χ1) is 17.9. The van der Waals surface area contributed by atoms with E-state index in [2.05, 4.69) is 13.8 Å². The molecule has 0 aliphatic heterocycles. The SMILES string of the molecule is COc1cc(-c2oc3cc(CCCC(C)C)ccc3c(=O)c2OCc2ccccc2)cc(OC)c1OC. The van der Waals surface area contributed by atoms with Crippen LogP contribution in [0.2, 0.25) is 0 Å². The second kappa shape index (κ2) is 11.9. The van der Waals surface area contributed by atoms with Crippen molar-refractivity contribution < 1.29 is 23.4 Å². The predicted molar refractivity (Wildman–Crippen MR) is 146 cm³/mol. The Morgan fingerprint density at radius 3 is 2.14 bits per heavy atom. The Balaban J connectivity index is 1.85. The smallest absolute Gasteiger partial charge is 0.235 e. The first kappa shape index (κ1) is 26.1. The number of hydrogen-bond donors (Lipinski definition) is 0. The zero-order chi connectivity index (χ0) is 26.4. The Labute approximate surface area is 217 Å². The van der Waals surface area contributed by atoms with Gasteiger partial charge in [0.25, 0.3) is 0 Å². The average molecular weight is 503 g/mol. The fourth-order valence-electron chi connectivity index (χ4n) is 4.35. The first-order valence-electron chi connectivity index (χ1n) is 12.5. The van der Waals surface area contributed by atoms with E-state index in [1.807, 2.05) is 48.5 Å². The predicted octanol–water partition coefficient (Wildman–Crippen LogP) is 7.04. The molecule has 4 aromatic rings. The third-order valence-electron chi connectivity index (χ3n) is 6.31. The van der Waals surface area contributed by atoms with E-state index in [-0.39, 0.29) is 17.8 Å². The van der Waals surface area contributed by atoms with Crippen LogP contribution in [-0.2, 0) is 13.0 Å². The first-order valence-corrected chi connectivity index (χ1v) is 12.5. The third-order valence-corrected chi connectivity index (χ3v) is 6.31. The normalized spacial score (nSPS) is 11.1. The zero-order valence-corrected chi connectivity index (χ0v) is 22.1. The highest BCUT2D eigenvalue weighted by atomic mass is 16.5. The highest BCUT2D eigenvalue weighted by Gasteiger charge is 2.22. The van der Waals surface area contributed by atoms with Crippen molar-refractivity contribution in [2.24, 2.45) is 5.92 Å². The summed E-state index contributed by atoms with van der Waals surface area (Å²) < 4.78 is 29.1. The second-order valence-corrected chi connectivity index (χ2v) is 9.39. The van der Waals surface area contributed by atoms with Gasteiger partial charge in [-0.25, -0.2) is 0 Å². The molecular weight excluding hydrogens is 468 g/mol. The summed E-state index contributed by atoms with van der Waals surface area (Å²) in [5, 5.41) is 0.479. The van der Waals surface area contributed by atoms with Gasteiger partial charge >= 0.3 is 0 Å². The molecule has 0 radical (unpaired) electrons. The van der Waals surface area contributed by atoms with Gasteiger partial charge in [0.15, 0.2) is 17.3 Å². The van der Waals surface area contributed by atoms with Crippen LogP contribution < -0.4 is 24.4 Å². The van der Waals surface area contributed by atoms with Crippen LogP contribution >= 0.6 is 0 Å². The molecule has 3 aromatic carbocycles. The van der Waals surface area contributed by atoms with Crippen LogP contribution in [0.4, 0.5) is 0 Å². The van der Waals surface area contributed by atoms with Gasteiger partial charge in [0.2, 0.25) is 16.9 Å². The van der Waals surface area contributed by atoms with Gasteiger partial charge in [-0.2, -0.15) is 0 Å². The quantitative estimate of drug-likeness (QED) is 0.219. The van der Waals surface area contributed by atoms with Crippen LogP contribution in [0.5, 0.6) is 23.0 Å². The molecule has 1 heterocycles. The molecule has 0 amide bonds. The van der Waals surface area contributed by atoms with Gasteiger partial charge < -0.3 is 23.4 Å². The maximum absolute atomic E-state index is 13.7. The number of benzene rings is 3. The maximum Gasteiger partial charge on any atom is 0.235 e. The summed E-state index contributed by atoms with van der Waals surface area (Å²) in [6.45, 7) is 4.67. The summed E-state index contributed by atoms with van der Waals surface area (Å²) in [5.74, 6) is 2.46. The number of rotatable bonds is 11. The monoisotopic (exact) mass is 502 g/mol. The van der Waals surface area contributed by atoms with E-state index >= 15 is 0 Å². The molecule has 0 saturated heterocycles. The molecule has 4 rings (SSSR count). The van der Waals surface area contributed by atoms with Crippen LogP contribution in [0.15, 0.2) is 69.9 Å². The number of fused-ring (bicyclic) bond motifs is 1. The van der Waals surface area contributed by atoms with Gasteiger partial charge in [-0.1, -0.05) is 56.7 Å². The molecular formula is C31H34O6. The summed E-state index contributed by atoms with van der Waals surface area (Å²) in [4.78, 5) is 13.7. The van der Waals surface area contributed by atoms with Gasteiger partial charge in [0.1, 0.15) is 12.2 Å². The highest BCUT2D eigenvalue weighted by molar-refractivity contribution is 5.83. The Bertz CT molecular complexity index is 1380. The van der Waals surface area contributed by atoms with Crippen LogP contribution in [0, 0.1) is 5.92 Å². The van der Waals surface area contributed by atoms with E-state index in [4.69, 9.17) is 23.4 Å². The van der Waals surface area contributed by atoms with Gasteiger partial charge in [0.05, 0.1) is 26.7 Å². The van der Waals surface area contributed by atoms with Crippen molar-refractivity contribution in [2.45, 2.75) is 39.7 Å². The van der Waals surface area contributed by atoms with Crippen LogP contribution in [-0.4, -0.2) is 21.3 Å². The lowest BCUT2D eigenvalue weighted by atomic mass is 10.0. The van der Waals surface area contributed by atoms with Crippen LogP contribution in [0.1, 0.15) is 37.8 Å². The highest BCUT2D eigenvalue weighted by Crippen LogP contribution is 2.43. The van der Waals surface area contributed by atoms with Crippen LogP contribution in [0.25, 0.3) is 22.3 Å². The molecule has 0 N–H and O–H groups in total. The minimum atomic E-state index is -0.227. The largest absolute Gasteiger partial charge is 0.493 e. The molecule has 6 heteroatoms. The van der Waals surface area contributed by atoms with Crippen molar-refractivity contribution in [3.05, 3.63) is 82.0 Å². The minimum Gasteiger partial charge on any atom is -0.493 e. The van der Waals surface area contributed by atoms with Gasteiger partial charge in [-0.05, 0) is 54.2 Å². The topological polar surface area (TPSA) is 67.1 Å². The Hall–Kier alpha value is -3.93. The second-order valence-electron chi connectivity index (χ2n) is 9.39. The number of methoxy groups -OCH3 is 3. The van der Waals surface area contributed by atoms with E-state index in [0.717, 1.165) is 30.4 Å². The Morgan fingerprint density at radius 1 is 0.811 bits per heavy atom. The van der Waals surface area contributed by atoms with Crippen molar-refractivity contribution in [3.63, 3.8) is 0 Å². The third kappa shape index (κ3) is 5.91. The standard InChI is InChI=1S/C31H34O6/c1-20(2)10-9-13-21-14-15-24-25(16-21)37-29(23-17-26(33-3)30(35-5)27(18-23)34-4)31(28(24)32)36-19-22-11-7-6-8-12-22/h6-8,11-12,14-18,20H,9-10,13,19H2,1-5H3. The molecule has 1 aromatic heterocycles. The molecule has 0 saturated carbocycles. The molecule has 37 heavy (non-hydrogen) atoms. The van der Waals surface area contributed by atoms with Crippen molar-refractivity contribution in [1.82, 2.24) is 0 Å². The van der Waals surface area contributed by atoms with Crippen molar-refractivity contribution in [1.29, 1.82) is 0 Å². The molecule has 0 spiro atoms. The van der Waals surface area contributed by atoms with E-state index in [0.29, 0.717) is 45.5 Å². The van der Waals surface area contributed by atoms with Crippen molar-refractivity contribution >= 4 is 11.0 Å². The zero-order valence-electron chi connectivity index (χ0n) is 22.1. The molecule has 194 valence electrons. The average Bonchev–Trinajstić information content (AvgIpc) is 2.91. The molecule has 0 bridgehead atoms. The van der Waals surface area contributed by atoms with Crippen molar-refractivity contribution in [2.75, 3.05) is 21.3 Å². The Morgan fingerprint density at radius 2 is 1.51 bits per heavy atom. The number of hydrogen-bond acceptors (Lipinski definition) is 6. The van der Waals surface area contributed by atoms with E-state index in [9.17, 15) is 4.79 Å². The molecule has 6 nitrogen and oxygen atoms in total. The van der Waals surface area contributed by atoms with Gasteiger partial charge in [0, 0.05) is 5.56 Å². The lowest BCUT2D eigenvalue weighted by molar-refractivity contribution is 0.297. The molecule has 0 aliphatic rings. The number of ether oxygens (including phenoxy) is 4. The lowest BCUT2D eigenvalue weighted by Crippen LogP contribution is -2.10. The summed E-state index contributed by atoms with van der Waals surface area (Å²) in [5.41, 5.74) is 2.95. The molecule has 0 aliphatic carbocycles. The lowest BCUT2D eigenvalue weighted by Gasteiger charge is -2.16. The summed E-state index contributed by atoms with van der Waals surface area (Å²) in [7, 11) is 4.65. The van der Waals surface area contributed by atoms with E-state index in [1.54, 1.807) is 33.5 Å². The van der Waals surface area contributed by atoms with Gasteiger partial charge in [-0.3, -0.25) is 4.79 Å². The fourth-order valence-corrected chi connectivity index (χ4v) is 4.35. The van der Waals surface area contributed by atoms with Gasteiger partial charge in [-0.15, -0.1) is 0 Å². The minimum absolute atomic E-state index is 0.137. The maximum atomic E-state index is 13.7. The van der Waals surface area contributed by atoms with E-state index in [1.165, 1.54) is 0 Å². The fraction of sp³-hybridized carbons (Fsp3) is 0.323. The van der Waals surface area contributed by atoms with Crippen molar-refractivity contribution in [3.8, 4) is 34.3 Å². The molecule has 0 unspecified atom stereocenters. The number of aryl methyl sites for hydroxylation is 1. The van der Waals surface area contributed by atoms with E-state index < -0.39 is 0 Å². The summed E-state index contributed by atoms with van der Waals surface area (Å²) in [6.07, 6.45) is 3.14.